The Morgan fingerprint density at radius 3 is 2.04 bits per heavy atom. The number of carbonyl (C=O) groups excluding carboxylic acids is 2. The molecule has 0 saturated carbocycles. The van der Waals surface area contributed by atoms with Gasteiger partial charge in [-0.3, -0.25) is 9.59 Å². The number of benzene rings is 3. The zero-order valence-corrected chi connectivity index (χ0v) is 15.3. The van der Waals surface area contributed by atoms with Gasteiger partial charge in [0.05, 0.1) is 0 Å². The second-order valence-corrected chi connectivity index (χ2v) is 6.27. The number of hydrogen-bond donors (Lipinski definition) is 1. The number of halogens is 1. The molecule has 0 aliphatic heterocycles. The van der Waals surface area contributed by atoms with E-state index in [1.54, 1.807) is 17.0 Å². The van der Waals surface area contributed by atoms with Gasteiger partial charge in [-0.25, -0.2) is 4.39 Å². The summed E-state index contributed by atoms with van der Waals surface area (Å²) >= 11 is 0. The van der Waals surface area contributed by atoms with Crippen molar-refractivity contribution in [2.75, 3.05) is 18.0 Å². The summed E-state index contributed by atoms with van der Waals surface area (Å²) in [5.41, 5.74) is 1.82. The third-order valence-electron chi connectivity index (χ3n) is 4.28. The highest BCUT2D eigenvalue weighted by atomic mass is 19.1. The number of para-hydroxylation sites is 1. The Hall–Kier alpha value is -3.47. The maximum absolute atomic E-state index is 13.0. The summed E-state index contributed by atoms with van der Waals surface area (Å²) in [6.45, 7) is 0.864. The van der Waals surface area contributed by atoms with Crippen LogP contribution in [0, 0.1) is 5.82 Å². The molecule has 0 aliphatic rings. The fourth-order valence-electron chi connectivity index (χ4n) is 2.83. The van der Waals surface area contributed by atoms with E-state index in [0.717, 1.165) is 5.69 Å². The number of nitrogens with one attached hydrogen (secondary N) is 1. The van der Waals surface area contributed by atoms with E-state index >= 15 is 0 Å². The molecule has 3 rings (SSSR count). The van der Waals surface area contributed by atoms with Crippen LogP contribution in [0.2, 0.25) is 0 Å². The van der Waals surface area contributed by atoms with E-state index in [9.17, 15) is 14.0 Å². The van der Waals surface area contributed by atoms with Gasteiger partial charge < -0.3 is 10.2 Å². The quantitative estimate of drug-likeness (QED) is 0.625. The van der Waals surface area contributed by atoms with Crippen molar-refractivity contribution in [3.05, 3.63) is 102 Å². The maximum atomic E-state index is 13.0. The van der Waals surface area contributed by atoms with Crippen LogP contribution >= 0.6 is 0 Å². The Morgan fingerprint density at radius 1 is 0.786 bits per heavy atom. The van der Waals surface area contributed by atoms with E-state index in [1.807, 2.05) is 48.5 Å². The SMILES string of the molecule is O=C(NCCCN(C(=O)c1ccccc1)c1ccccc1)c1ccc(F)cc1. The molecule has 1 N–H and O–H groups in total. The minimum atomic E-state index is -0.380. The maximum Gasteiger partial charge on any atom is 0.258 e. The second-order valence-electron chi connectivity index (χ2n) is 6.27. The Morgan fingerprint density at radius 2 is 1.39 bits per heavy atom. The molecule has 0 spiro atoms. The summed E-state index contributed by atoms with van der Waals surface area (Å²) in [7, 11) is 0. The minimum Gasteiger partial charge on any atom is -0.352 e. The molecular weight excluding hydrogens is 355 g/mol. The van der Waals surface area contributed by atoms with Crippen LogP contribution in [-0.4, -0.2) is 24.9 Å². The van der Waals surface area contributed by atoms with Crippen molar-refractivity contribution in [1.82, 2.24) is 5.32 Å². The Kier molecular flexibility index (Phi) is 6.52. The van der Waals surface area contributed by atoms with Gasteiger partial charge in [0.1, 0.15) is 5.82 Å². The van der Waals surface area contributed by atoms with Crippen LogP contribution < -0.4 is 10.2 Å². The summed E-state index contributed by atoms with van der Waals surface area (Å²) in [6.07, 6.45) is 0.584. The molecule has 0 bridgehead atoms. The average molecular weight is 376 g/mol. The lowest BCUT2D eigenvalue weighted by atomic mass is 10.1. The van der Waals surface area contributed by atoms with Gasteiger partial charge in [-0.2, -0.15) is 0 Å². The van der Waals surface area contributed by atoms with Gasteiger partial charge in [0.15, 0.2) is 0 Å². The summed E-state index contributed by atoms with van der Waals surface area (Å²) in [6, 6.07) is 24.0. The Labute approximate surface area is 163 Å². The third-order valence-corrected chi connectivity index (χ3v) is 4.28. The van der Waals surface area contributed by atoms with Crippen LogP contribution in [0.3, 0.4) is 0 Å². The summed E-state index contributed by atoms with van der Waals surface area (Å²) in [4.78, 5) is 26.7. The molecule has 3 aromatic rings. The molecule has 0 heterocycles. The molecule has 0 radical (unpaired) electrons. The number of carbonyl (C=O) groups is 2. The van der Waals surface area contributed by atoms with Crippen LogP contribution in [0.5, 0.6) is 0 Å². The zero-order valence-electron chi connectivity index (χ0n) is 15.3. The number of nitrogens with zero attached hydrogens (tertiary/aromatic N) is 1. The number of amides is 2. The standard InChI is InChI=1S/C23H21FN2O2/c24-20-14-12-18(13-15-20)22(27)25-16-7-17-26(21-10-5-2-6-11-21)23(28)19-8-3-1-4-9-19/h1-6,8-15H,7,16-17H2,(H,25,27). The Bertz CT molecular complexity index is 912. The van der Waals surface area contributed by atoms with Gasteiger partial charge in [0.25, 0.3) is 11.8 Å². The van der Waals surface area contributed by atoms with E-state index in [1.165, 1.54) is 24.3 Å². The fourth-order valence-corrected chi connectivity index (χ4v) is 2.83. The van der Waals surface area contributed by atoms with Crippen LogP contribution in [-0.2, 0) is 0 Å². The number of hydrogen-bond acceptors (Lipinski definition) is 2. The predicted molar refractivity (Wildman–Crippen MR) is 108 cm³/mol. The normalized spacial score (nSPS) is 10.3. The lowest BCUT2D eigenvalue weighted by Gasteiger charge is -2.23. The van der Waals surface area contributed by atoms with E-state index in [0.29, 0.717) is 30.6 Å². The van der Waals surface area contributed by atoms with Crippen molar-refractivity contribution in [2.45, 2.75) is 6.42 Å². The van der Waals surface area contributed by atoms with Crippen LogP contribution in [0.1, 0.15) is 27.1 Å². The molecule has 28 heavy (non-hydrogen) atoms. The van der Waals surface area contributed by atoms with Gasteiger partial charge >= 0.3 is 0 Å². The van der Waals surface area contributed by atoms with Crippen molar-refractivity contribution in [1.29, 1.82) is 0 Å². The minimum absolute atomic E-state index is 0.0864. The smallest absolute Gasteiger partial charge is 0.258 e. The highest BCUT2D eigenvalue weighted by Gasteiger charge is 2.17. The molecule has 142 valence electrons. The Balaban J connectivity index is 1.61. The second kappa shape index (κ2) is 9.46. The summed E-state index contributed by atoms with van der Waals surface area (Å²) in [5, 5.41) is 2.80. The molecule has 2 amide bonds. The molecule has 0 atom stereocenters. The van der Waals surface area contributed by atoms with E-state index < -0.39 is 0 Å². The van der Waals surface area contributed by atoms with Crippen molar-refractivity contribution in [3.63, 3.8) is 0 Å². The van der Waals surface area contributed by atoms with Gasteiger partial charge in [0.2, 0.25) is 0 Å². The first-order valence-electron chi connectivity index (χ1n) is 9.11. The fraction of sp³-hybridized carbons (Fsp3) is 0.130. The monoisotopic (exact) mass is 376 g/mol. The van der Waals surface area contributed by atoms with E-state index in [2.05, 4.69) is 5.32 Å². The first-order chi connectivity index (χ1) is 13.6. The van der Waals surface area contributed by atoms with Crippen LogP contribution in [0.15, 0.2) is 84.9 Å². The molecular formula is C23H21FN2O2. The van der Waals surface area contributed by atoms with Crippen LogP contribution in [0.25, 0.3) is 0 Å². The van der Waals surface area contributed by atoms with Crippen molar-refractivity contribution < 1.29 is 14.0 Å². The lowest BCUT2D eigenvalue weighted by molar-refractivity contribution is 0.0953. The molecule has 5 heteroatoms. The third kappa shape index (κ3) is 5.04. The molecule has 4 nitrogen and oxygen atoms in total. The zero-order chi connectivity index (χ0) is 19.8. The average Bonchev–Trinajstić information content (AvgIpc) is 2.75. The summed E-state index contributed by atoms with van der Waals surface area (Å²) < 4.78 is 13.0. The largest absolute Gasteiger partial charge is 0.352 e. The van der Waals surface area contributed by atoms with Crippen LogP contribution in [0.4, 0.5) is 10.1 Å². The first-order valence-corrected chi connectivity index (χ1v) is 9.11. The molecule has 0 aromatic heterocycles. The first kappa shape index (κ1) is 19.3. The molecule has 0 aliphatic carbocycles. The molecule has 3 aromatic carbocycles. The van der Waals surface area contributed by atoms with E-state index in [-0.39, 0.29) is 17.6 Å². The van der Waals surface area contributed by atoms with E-state index in [4.69, 9.17) is 0 Å². The molecule has 0 saturated heterocycles. The lowest BCUT2D eigenvalue weighted by Crippen LogP contribution is -2.34. The topological polar surface area (TPSA) is 49.4 Å². The van der Waals surface area contributed by atoms with Crippen molar-refractivity contribution in [2.24, 2.45) is 0 Å². The number of rotatable bonds is 7. The molecule has 0 fully saturated rings. The predicted octanol–water partition coefficient (Wildman–Crippen LogP) is 4.29. The van der Waals surface area contributed by atoms with Gasteiger partial charge in [-0.1, -0.05) is 36.4 Å². The highest BCUT2D eigenvalue weighted by molar-refractivity contribution is 6.06. The van der Waals surface area contributed by atoms with Gasteiger partial charge in [0, 0.05) is 29.9 Å². The number of anilines is 1. The van der Waals surface area contributed by atoms with Crippen molar-refractivity contribution in [3.8, 4) is 0 Å². The van der Waals surface area contributed by atoms with Crippen molar-refractivity contribution >= 4 is 17.5 Å². The summed E-state index contributed by atoms with van der Waals surface area (Å²) in [5.74, 6) is -0.730. The van der Waals surface area contributed by atoms with Gasteiger partial charge in [-0.05, 0) is 55.0 Å². The highest BCUT2D eigenvalue weighted by Crippen LogP contribution is 2.17. The van der Waals surface area contributed by atoms with Gasteiger partial charge in [-0.15, -0.1) is 0 Å². The molecule has 0 unspecified atom stereocenters.